The van der Waals surface area contributed by atoms with Crippen molar-refractivity contribution in [3.05, 3.63) is 36.0 Å². The average Bonchev–Trinajstić information content (AvgIpc) is 3.24. The molecule has 1 aliphatic rings. The predicted molar refractivity (Wildman–Crippen MR) is 96.7 cm³/mol. The van der Waals surface area contributed by atoms with Gasteiger partial charge in [-0.3, -0.25) is 14.4 Å². The molecule has 0 radical (unpaired) electrons. The van der Waals surface area contributed by atoms with Gasteiger partial charge < -0.3 is 20.3 Å². The van der Waals surface area contributed by atoms with E-state index in [9.17, 15) is 19.5 Å². The van der Waals surface area contributed by atoms with Gasteiger partial charge >= 0.3 is 5.97 Å². The molecule has 2 amide bonds. The molecular weight excluding hydrogens is 334 g/mol. The maximum Gasteiger partial charge on any atom is 0.311 e. The summed E-state index contributed by atoms with van der Waals surface area (Å²) in [5.74, 6) is -1.57. The second kappa shape index (κ2) is 6.82. The zero-order chi connectivity index (χ0) is 18.9. The van der Waals surface area contributed by atoms with Crippen molar-refractivity contribution in [2.24, 2.45) is 11.3 Å². The van der Waals surface area contributed by atoms with Gasteiger partial charge in [0, 0.05) is 24.0 Å². The molecule has 0 bridgehead atoms. The van der Waals surface area contributed by atoms with Crippen LogP contribution < -0.4 is 5.32 Å². The number of amides is 2. The highest BCUT2D eigenvalue weighted by Crippen LogP contribution is 2.38. The van der Waals surface area contributed by atoms with E-state index in [1.807, 2.05) is 38.1 Å². The van der Waals surface area contributed by atoms with E-state index >= 15 is 0 Å². The first kappa shape index (κ1) is 18.0. The Bertz CT molecular complexity index is 824. The molecule has 0 saturated carbocycles. The molecule has 0 spiro atoms. The molecule has 1 aromatic heterocycles. The van der Waals surface area contributed by atoms with Crippen LogP contribution in [0.2, 0.25) is 0 Å². The minimum absolute atomic E-state index is 0.0706. The Morgan fingerprint density at radius 3 is 2.65 bits per heavy atom. The van der Waals surface area contributed by atoms with E-state index in [-0.39, 0.29) is 30.8 Å². The van der Waals surface area contributed by atoms with E-state index in [1.165, 1.54) is 4.90 Å². The van der Waals surface area contributed by atoms with Crippen LogP contribution in [0.5, 0.6) is 0 Å². The van der Waals surface area contributed by atoms with E-state index < -0.39 is 11.4 Å². The lowest BCUT2D eigenvalue weighted by molar-refractivity contribution is -0.151. The summed E-state index contributed by atoms with van der Waals surface area (Å²) in [7, 11) is 0. The standard InChI is InChI=1S/C19H23N3O4/c1-12(2)19(18(25)26)7-8-22(11-19)16(23)10-20-17(24)15-9-13-5-3-4-6-14(13)21-15/h3-6,9,12,21H,7-8,10-11H2,1-2H3,(H,20,24)(H,25,26). The Balaban J connectivity index is 1.60. The zero-order valence-corrected chi connectivity index (χ0v) is 14.9. The number of aliphatic carboxylic acids is 1. The molecule has 2 heterocycles. The summed E-state index contributed by atoms with van der Waals surface area (Å²) in [6.45, 7) is 4.15. The monoisotopic (exact) mass is 357 g/mol. The lowest BCUT2D eigenvalue weighted by Crippen LogP contribution is -2.43. The number of H-pyrrole nitrogens is 1. The van der Waals surface area contributed by atoms with Gasteiger partial charge in [-0.15, -0.1) is 0 Å². The van der Waals surface area contributed by atoms with Crippen LogP contribution in [0.4, 0.5) is 0 Å². The van der Waals surface area contributed by atoms with Crippen molar-refractivity contribution in [2.75, 3.05) is 19.6 Å². The van der Waals surface area contributed by atoms with Crippen LogP contribution in [0.3, 0.4) is 0 Å². The predicted octanol–water partition coefficient (Wildman–Crippen LogP) is 1.86. The number of likely N-dealkylation sites (tertiary alicyclic amines) is 1. The zero-order valence-electron chi connectivity index (χ0n) is 14.9. The first-order chi connectivity index (χ1) is 12.3. The van der Waals surface area contributed by atoms with Crippen molar-refractivity contribution in [3.63, 3.8) is 0 Å². The van der Waals surface area contributed by atoms with Gasteiger partial charge in [0.1, 0.15) is 5.69 Å². The van der Waals surface area contributed by atoms with E-state index in [2.05, 4.69) is 10.3 Å². The molecule has 26 heavy (non-hydrogen) atoms. The molecule has 1 unspecified atom stereocenters. The first-order valence-electron chi connectivity index (χ1n) is 8.70. The molecule has 138 valence electrons. The van der Waals surface area contributed by atoms with Gasteiger partial charge in [-0.05, 0) is 24.5 Å². The normalized spacial score (nSPS) is 19.9. The molecule has 1 atom stereocenters. The van der Waals surface area contributed by atoms with Gasteiger partial charge in [0.05, 0.1) is 12.0 Å². The number of aromatic nitrogens is 1. The van der Waals surface area contributed by atoms with E-state index in [0.29, 0.717) is 18.7 Å². The van der Waals surface area contributed by atoms with Crippen molar-refractivity contribution in [1.29, 1.82) is 0 Å². The number of carboxylic acids is 1. The Kier molecular flexibility index (Phi) is 4.71. The Labute approximate surface area is 151 Å². The van der Waals surface area contributed by atoms with E-state index in [0.717, 1.165) is 10.9 Å². The molecule has 7 nitrogen and oxygen atoms in total. The second-order valence-electron chi connectivity index (χ2n) is 7.13. The maximum atomic E-state index is 12.4. The molecule has 1 aliphatic heterocycles. The number of rotatable bonds is 5. The molecule has 1 fully saturated rings. The van der Waals surface area contributed by atoms with Crippen molar-refractivity contribution in [1.82, 2.24) is 15.2 Å². The number of carbonyl (C=O) groups excluding carboxylic acids is 2. The fourth-order valence-electron chi connectivity index (χ4n) is 3.50. The fraction of sp³-hybridized carbons (Fsp3) is 0.421. The summed E-state index contributed by atoms with van der Waals surface area (Å²) in [5, 5.41) is 13.1. The number of nitrogens with zero attached hydrogens (tertiary/aromatic N) is 1. The van der Waals surface area contributed by atoms with Crippen LogP contribution in [0.1, 0.15) is 30.8 Å². The van der Waals surface area contributed by atoms with Crippen molar-refractivity contribution >= 4 is 28.7 Å². The number of carboxylic acid groups (broad SMARTS) is 1. The van der Waals surface area contributed by atoms with Gasteiger partial charge in [-0.1, -0.05) is 32.0 Å². The number of hydrogen-bond acceptors (Lipinski definition) is 3. The molecule has 1 saturated heterocycles. The van der Waals surface area contributed by atoms with Crippen LogP contribution in [0.15, 0.2) is 30.3 Å². The third-order valence-electron chi connectivity index (χ3n) is 5.36. The third-order valence-corrected chi connectivity index (χ3v) is 5.36. The van der Waals surface area contributed by atoms with E-state index in [4.69, 9.17) is 0 Å². The Morgan fingerprint density at radius 2 is 2.04 bits per heavy atom. The molecule has 3 N–H and O–H groups in total. The number of nitrogens with one attached hydrogen (secondary N) is 2. The van der Waals surface area contributed by atoms with Gasteiger partial charge in [0.15, 0.2) is 0 Å². The first-order valence-corrected chi connectivity index (χ1v) is 8.70. The molecular formula is C19H23N3O4. The van der Waals surface area contributed by atoms with Gasteiger partial charge in [-0.25, -0.2) is 0 Å². The summed E-state index contributed by atoms with van der Waals surface area (Å²) in [5.41, 5.74) is 0.339. The number of carbonyl (C=O) groups is 3. The van der Waals surface area contributed by atoms with Gasteiger partial charge in [-0.2, -0.15) is 0 Å². The molecule has 2 aromatic rings. The van der Waals surface area contributed by atoms with Crippen LogP contribution in [-0.2, 0) is 9.59 Å². The molecule has 7 heteroatoms. The number of benzene rings is 1. The summed E-state index contributed by atoms with van der Waals surface area (Å²) < 4.78 is 0. The smallest absolute Gasteiger partial charge is 0.311 e. The SMILES string of the molecule is CC(C)C1(C(=O)O)CCN(C(=O)CNC(=O)c2cc3ccccc3[nH]2)C1. The van der Waals surface area contributed by atoms with Crippen LogP contribution >= 0.6 is 0 Å². The minimum atomic E-state index is -0.906. The van der Waals surface area contributed by atoms with Crippen LogP contribution in [0.25, 0.3) is 10.9 Å². The van der Waals surface area contributed by atoms with Crippen molar-refractivity contribution in [3.8, 4) is 0 Å². The minimum Gasteiger partial charge on any atom is -0.481 e. The fourth-order valence-corrected chi connectivity index (χ4v) is 3.50. The Hall–Kier alpha value is -2.83. The molecule has 1 aromatic carbocycles. The summed E-state index contributed by atoms with van der Waals surface area (Å²) in [4.78, 5) is 40.9. The number of fused-ring (bicyclic) bond motifs is 1. The number of para-hydroxylation sites is 1. The average molecular weight is 357 g/mol. The largest absolute Gasteiger partial charge is 0.481 e. The van der Waals surface area contributed by atoms with Crippen molar-refractivity contribution in [2.45, 2.75) is 20.3 Å². The highest BCUT2D eigenvalue weighted by molar-refractivity contribution is 5.99. The third kappa shape index (κ3) is 3.16. The van der Waals surface area contributed by atoms with Crippen LogP contribution in [-0.4, -0.2) is 52.4 Å². The maximum absolute atomic E-state index is 12.4. The summed E-state index contributed by atoms with van der Waals surface area (Å²) >= 11 is 0. The molecule has 3 rings (SSSR count). The summed E-state index contributed by atoms with van der Waals surface area (Å²) in [6, 6.07) is 9.27. The topological polar surface area (TPSA) is 102 Å². The highest BCUT2D eigenvalue weighted by Gasteiger charge is 2.48. The van der Waals surface area contributed by atoms with Gasteiger partial charge in [0.2, 0.25) is 5.91 Å². The molecule has 0 aliphatic carbocycles. The summed E-state index contributed by atoms with van der Waals surface area (Å²) in [6.07, 6.45) is 0.432. The van der Waals surface area contributed by atoms with Crippen LogP contribution in [0, 0.1) is 11.3 Å². The lowest BCUT2D eigenvalue weighted by Gasteiger charge is -2.28. The number of hydrogen-bond donors (Lipinski definition) is 3. The highest BCUT2D eigenvalue weighted by atomic mass is 16.4. The quantitative estimate of drug-likeness (QED) is 0.760. The lowest BCUT2D eigenvalue weighted by atomic mass is 9.76. The number of aromatic amines is 1. The Morgan fingerprint density at radius 1 is 1.31 bits per heavy atom. The van der Waals surface area contributed by atoms with Crippen molar-refractivity contribution < 1.29 is 19.5 Å². The second-order valence-corrected chi connectivity index (χ2v) is 7.13. The van der Waals surface area contributed by atoms with E-state index in [1.54, 1.807) is 6.07 Å². The van der Waals surface area contributed by atoms with Gasteiger partial charge in [0.25, 0.3) is 5.91 Å².